The molecule has 0 saturated carbocycles. The van der Waals surface area contributed by atoms with Crippen molar-refractivity contribution in [3.8, 4) is 0 Å². The Hall–Kier alpha value is -2.03. The molecule has 0 bridgehead atoms. The molecule has 104 valence electrons. The number of nitrogen functional groups attached to an aromatic ring is 1. The summed E-state index contributed by atoms with van der Waals surface area (Å²) in [6.07, 6.45) is 6.83. The number of pyridine rings is 1. The summed E-state index contributed by atoms with van der Waals surface area (Å²) in [6.45, 7) is 2.81. The van der Waals surface area contributed by atoms with E-state index in [2.05, 4.69) is 28.5 Å². The van der Waals surface area contributed by atoms with Gasteiger partial charge in [-0.05, 0) is 60.9 Å². The number of nitrogens with two attached hydrogens (primary N) is 1. The summed E-state index contributed by atoms with van der Waals surface area (Å²) < 4.78 is 0. The number of rotatable bonds is 3. The molecule has 0 aliphatic heterocycles. The van der Waals surface area contributed by atoms with Crippen LogP contribution in [0.2, 0.25) is 0 Å². The molecule has 1 aromatic carbocycles. The van der Waals surface area contributed by atoms with E-state index in [4.69, 9.17) is 5.73 Å². The molecule has 3 heteroatoms. The van der Waals surface area contributed by atoms with Crippen molar-refractivity contribution in [2.75, 3.05) is 11.1 Å². The lowest BCUT2D eigenvalue weighted by molar-refractivity contribution is 0.684. The van der Waals surface area contributed by atoms with E-state index in [1.807, 2.05) is 13.0 Å². The average molecular weight is 267 g/mol. The van der Waals surface area contributed by atoms with Gasteiger partial charge < -0.3 is 11.1 Å². The zero-order chi connectivity index (χ0) is 13.9. The first kappa shape index (κ1) is 13.0. The maximum absolute atomic E-state index is 5.78. The largest absolute Gasteiger partial charge is 0.397 e. The minimum absolute atomic E-state index is 0.740. The number of aryl methyl sites for hydroxylation is 3. The number of fused-ring (bicyclic) bond motifs is 1. The number of aromatic nitrogens is 1. The molecule has 1 aliphatic rings. The van der Waals surface area contributed by atoms with Gasteiger partial charge in [-0.3, -0.25) is 0 Å². The Balaban J connectivity index is 1.70. The Bertz CT molecular complexity index is 620. The van der Waals surface area contributed by atoms with Gasteiger partial charge >= 0.3 is 0 Å². The fourth-order valence-electron chi connectivity index (χ4n) is 2.75. The van der Waals surface area contributed by atoms with Gasteiger partial charge in [-0.2, -0.15) is 0 Å². The molecule has 2 aromatic rings. The lowest BCUT2D eigenvalue weighted by Crippen LogP contribution is -2.06. The predicted octanol–water partition coefficient (Wildman–Crippen LogP) is 3.46. The molecule has 1 heterocycles. The lowest BCUT2D eigenvalue weighted by Gasteiger charge is -2.17. The Morgan fingerprint density at radius 3 is 2.75 bits per heavy atom. The third kappa shape index (κ3) is 2.77. The van der Waals surface area contributed by atoms with Crippen LogP contribution >= 0.6 is 0 Å². The summed E-state index contributed by atoms with van der Waals surface area (Å²) >= 11 is 0. The molecular weight excluding hydrogens is 246 g/mol. The van der Waals surface area contributed by atoms with Crippen LogP contribution in [-0.4, -0.2) is 4.98 Å². The van der Waals surface area contributed by atoms with Crippen LogP contribution in [-0.2, 0) is 19.4 Å². The zero-order valence-electron chi connectivity index (χ0n) is 11.9. The quantitative estimate of drug-likeness (QED) is 0.895. The third-order valence-electron chi connectivity index (χ3n) is 4.04. The van der Waals surface area contributed by atoms with Gasteiger partial charge in [0.1, 0.15) is 5.82 Å². The lowest BCUT2D eigenvalue weighted by atomic mass is 9.90. The Labute approximate surface area is 120 Å². The van der Waals surface area contributed by atoms with Crippen LogP contribution < -0.4 is 11.1 Å². The predicted molar refractivity (Wildman–Crippen MR) is 83.8 cm³/mol. The smallest absolute Gasteiger partial charge is 0.126 e. The van der Waals surface area contributed by atoms with E-state index in [0.29, 0.717) is 0 Å². The summed E-state index contributed by atoms with van der Waals surface area (Å²) in [5.74, 6) is 0.884. The van der Waals surface area contributed by atoms with E-state index >= 15 is 0 Å². The molecule has 0 unspecified atom stereocenters. The van der Waals surface area contributed by atoms with Crippen molar-refractivity contribution >= 4 is 11.5 Å². The molecule has 3 N–H and O–H groups in total. The standard InChI is InChI=1S/C17H21N3/c1-12-8-17(20-11-16(12)18)19-10-13-6-7-14-4-2-3-5-15(14)9-13/h6-9,11H,2-5,10,18H2,1H3,(H,19,20). The summed E-state index contributed by atoms with van der Waals surface area (Å²) in [4.78, 5) is 4.31. The molecule has 0 amide bonds. The number of nitrogens with zero attached hydrogens (tertiary/aromatic N) is 1. The topological polar surface area (TPSA) is 50.9 Å². The molecule has 0 atom stereocenters. The first-order valence-corrected chi connectivity index (χ1v) is 7.29. The van der Waals surface area contributed by atoms with Crippen LogP contribution in [0.15, 0.2) is 30.5 Å². The van der Waals surface area contributed by atoms with Crippen LogP contribution in [0.5, 0.6) is 0 Å². The fraction of sp³-hybridized carbons (Fsp3) is 0.353. The van der Waals surface area contributed by atoms with Gasteiger partial charge in [-0.25, -0.2) is 4.98 Å². The summed E-state index contributed by atoms with van der Waals surface area (Å²) in [6, 6.07) is 8.84. The van der Waals surface area contributed by atoms with Crippen LogP contribution in [0, 0.1) is 6.92 Å². The number of anilines is 2. The highest BCUT2D eigenvalue weighted by Crippen LogP contribution is 2.22. The molecule has 0 saturated heterocycles. The van der Waals surface area contributed by atoms with Gasteiger partial charge in [-0.15, -0.1) is 0 Å². The van der Waals surface area contributed by atoms with Crippen LogP contribution in [0.3, 0.4) is 0 Å². The van der Waals surface area contributed by atoms with Crippen molar-refractivity contribution in [1.29, 1.82) is 0 Å². The minimum Gasteiger partial charge on any atom is -0.397 e. The molecule has 0 spiro atoms. The normalized spacial score (nSPS) is 13.8. The number of hydrogen-bond donors (Lipinski definition) is 2. The first-order valence-electron chi connectivity index (χ1n) is 7.29. The van der Waals surface area contributed by atoms with Crippen molar-refractivity contribution < 1.29 is 0 Å². The highest BCUT2D eigenvalue weighted by atomic mass is 15.0. The Kier molecular flexibility index (Phi) is 3.59. The van der Waals surface area contributed by atoms with Crippen molar-refractivity contribution in [1.82, 2.24) is 4.98 Å². The minimum atomic E-state index is 0.740. The molecule has 20 heavy (non-hydrogen) atoms. The van der Waals surface area contributed by atoms with E-state index in [1.165, 1.54) is 42.4 Å². The van der Waals surface area contributed by atoms with E-state index < -0.39 is 0 Å². The van der Waals surface area contributed by atoms with Gasteiger partial charge in [0.15, 0.2) is 0 Å². The van der Waals surface area contributed by atoms with Gasteiger partial charge in [0, 0.05) is 6.54 Å². The van der Waals surface area contributed by atoms with Gasteiger partial charge in [-0.1, -0.05) is 18.2 Å². The molecule has 3 nitrogen and oxygen atoms in total. The second-order valence-electron chi connectivity index (χ2n) is 5.59. The van der Waals surface area contributed by atoms with Crippen molar-refractivity contribution in [2.24, 2.45) is 0 Å². The van der Waals surface area contributed by atoms with Gasteiger partial charge in [0.05, 0.1) is 11.9 Å². The first-order chi connectivity index (χ1) is 9.72. The average Bonchev–Trinajstić information content (AvgIpc) is 2.48. The SMILES string of the molecule is Cc1cc(NCc2ccc3c(c2)CCCC3)ncc1N. The monoisotopic (exact) mass is 267 g/mol. The van der Waals surface area contributed by atoms with E-state index in [9.17, 15) is 0 Å². The molecule has 1 aromatic heterocycles. The third-order valence-corrected chi connectivity index (χ3v) is 4.04. The highest BCUT2D eigenvalue weighted by Gasteiger charge is 2.09. The second kappa shape index (κ2) is 5.53. The molecule has 3 rings (SSSR count). The van der Waals surface area contributed by atoms with Crippen molar-refractivity contribution in [2.45, 2.75) is 39.2 Å². The number of hydrogen-bond acceptors (Lipinski definition) is 3. The summed E-state index contributed by atoms with van der Waals surface area (Å²) in [5.41, 5.74) is 12.0. The van der Waals surface area contributed by atoms with Crippen LogP contribution in [0.25, 0.3) is 0 Å². The maximum Gasteiger partial charge on any atom is 0.126 e. The Morgan fingerprint density at radius 2 is 1.95 bits per heavy atom. The van der Waals surface area contributed by atoms with Crippen molar-refractivity contribution in [3.63, 3.8) is 0 Å². The van der Waals surface area contributed by atoms with Crippen LogP contribution in [0.1, 0.15) is 35.1 Å². The van der Waals surface area contributed by atoms with E-state index in [0.717, 1.165) is 23.6 Å². The van der Waals surface area contributed by atoms with Crippen molar-refractivity contribution in [3.05, 3.63) is 52.7 Å². The van der Waals surface area contributed by atoms with Gasteiger partial charge in [0.25, 0.3) is 0 Å². The van der Waals surface area contributed by atoms with Gasteiger partial charge in [0.2, 0.25) is 0 Å². The molecular formula is C17H21N3. The molecule has 0 fully saturated rings. The Morgan fingerprint density at radius 1 is 1.15 bits per heavy atom. The van der Waals surface area contributed by atoms with E-state index in [1.54, 1.807) is 6.20 Å². The maximum atomic E-state index is 5.78. The van der Waals surface area contributed by atoms with E-state index in [-0.39, 0.29) is 0 Å². The molecule has 0 radical (unpaired) electrons. The number of nitrogens with one attached hydrogen (secondary N) is 1. The summed E-state index contributed by atoms with van der Waals surface area (Å²) in [5, 5.41) is 3.37. The highest BCUT2D eigenvalue weighted by molar-refractivity contribution is 5.51. The zero-order valence-corrected chi connectivity index (χ0v) is 11.9. The molecule has 1 aliphatic carbocycles. The second-order valence-corrected chi connectivity index (χ2v) is 5.59. The summed E-state index contributed by atoms with van der Waals surface area (Å²) in [7, 11) is 0. The van der Waals surface area contributed by atoms with Crippen LogP contribution in [0.4, 0.5) is 11.5 Å². The fourth-order valence-corrected chi connectivity index (χ4v) is 2.75. The number of benzene rings is 1.